The molecule has 1 atom stereocenters. The standard InChI is InChI=1S/C14H13N3O4/c1-9(20-12-5-3-11(7-15)4-6-12)14(18)19-8-13-17-16-10(2)21-13/h3-6,9H,8H2,1-2H3/t9-/m1/s1. The fraction of sp³-hybridized carbons (Fsp3) is 0.286. The summed E-state index contributed by atoms with van der Waals surface area (Å²) in [6.45, 7) is 3.12. The fourth-order valence-corrected chi connectivity index (χ4v) is 1.51. The molecule has 1 heterocycles. The number of aromatic nitrogens is 2. The summed E-state index contributed by atoms with van der Waals surface area (Å²) >= 11 is 0. The van der Waals surface area contributed by atoms with Crippen LogP contribution in [-0.4, -0.2) is 22.3 Å². The Kier molecular flexibility index (Phi) is 4.51. The van der Waals surface area contributed by atoms with Crippen molar-refractivity contribution in [3.63, 3.8) is 0 Å². The van der Waals surface area contributed by atoms with E-state index < -0.39 is 12.1 Å². The Morgan fingerprint density at radius 2 is 2.10 bits per heavy atom. The molecule has 0 unspecified atom stereocenters. The lowest BCUT2D eigenvalue weighted by Crippen LogP contribution is -2.26. The molecule has 0 amide bonds. The molecule has 0 aliphatic rings. The van der Waals surface area contributed by atoms with Crippen molar-refractivity contribution in [2.75, 3.05) is 0 Å². The van der Waals surface area contributed by atoms with E-state index in [1.54, 1.807) is 38.1 Å². The summed E-state index contributed by atoms with van der Waals surface area (Å²) in [4.78, 5) is 11.8. The van der Waals surface area contributed by atoms with Crippen LogP contribution in [0.5, 0.6) is 5.75 Å². The van der Waals surface area contributed by atoms with Crippen LogP contribution in [0.2, 0.25) is 0 Å². The number of hydrogen-bond acceptors (Lipinski definition) is 7. The molecule has 108 valence electrons. The molecule has 2 aromatic rings. The first-order valence-electron chi connectivity index (χ1n) is 6.21. The van der Waals surface area contributed by atoms with Gasteiger partial charge in [-0.3, -0.25) is 0 Å². The number of hydrogen-bond donors (Lipinski definition) is 0. The SMILES string of the molecule is Cc1nnc(COC(=O)[C@@H](C)Oc2ccc(C#N)cc2)o1. The molecule has 0 aliphatic heterocycles. The number of carbonyl (C=O) groups is 1. The van der Waals surface area contributed by atoms with Crippen molar-refractivity contribution < 1.29 is 18.7 Å². The molecule has 0 N–H and O–H groups in total. The quantitative estimate of drug-likeness (QED) is 0.772. The average Bonchev–Trinajstić information content (AvgIpc) is 2.91. The van der Waals surface area contributed by atoms with E-state index in [0.717, 1.165) is 0 Å². The summed E-state index contributed by atoms with van der Waals surface area (Å²) in [5.41, 5.74) is 0.518. The topological polar surface area (TPSA) is 98.2 Å². The molecule has 1 aromatic carbocycles. The van der Waals surface area contributed by atoms with Gasteiger partial charge in [-0.1, -0.05) is 0 Å². The highest BCUT2D eigenvalue weighted by Crippen LogP contribution is 2.14. The van der Waals surface area contributed by atoms with Gasteiger partial charge in [0.05, 0.1) is 11.6 Å². The molecular formula is C14H13N3O4. The summed E-state index contributed by atoms with van der Waals surface area (Å²) in [5, 5.41) is 16.0. The van der Waals surface area contributed by atoms with Gasteiger partial charge in [0, 0.05) is 6.92 Å². The third kappa shape index (κ3) is 4.04. The molecule has 0 fully saturated rings. The van der Waals surface area contributed by atoms with Gasteiger partial charge < -0.3 is 13.9 Å². The molecule has 0 radical (unpaired) electrons. The number of aryl methyl sites for hydroxylation is 1. The first kappa shape index (κ1) is 14.5. The van der Waals surface area contributed by atoms with Gasteiger partial charge >= 0.3 is 5.97 Å². The Balaban J connectivity index is 1.85. The van der Waals surface area contributed by atoms with Crippen LogP contribution in [0.1, 0.15) is 24.3 Å². The maximum absolute atomic E-state index is 11.8. The molecule has 7 nitrogen and oxygen atoms in total. The van der Waals surface area contributed by atoms with E-state index in [2.05, 4.69) is 10.2 Å². The zero-order chi connectivity index (χ0) is 15.2. The normalized spacial score (nSPS) is 11.5. The molecule has 0 saturated carbocycles. The van der Waals surface area contributed by atoms with Gasteiger partial charge in [0.25, 0.3) is 5.89 Å². The maximum Gasteiger partial charge on any atom is 0.347 e. The number of benzene rings is 1. The predicted molar refractivity (Wildman–Crippen MR) is 70.1 cm³/mol. The van der Waals surface area contributed by atoms with Gasteiger partial charge in [-0.05, 0) is 31.2 Å². The van der Waals surface area contributed by atoms with Crippen molar-refractivity contribution in [3.8, 4) is 11.8 Å². The van der Waals surface area contributed by atoms with Crippen molar-refractivity contribution in [1.29, 1.82) is 5.26 Å². The van der Waals surface area contributed by atoms with Crippen molar-refractivity contribution in [3.05, 3.63) is 41.6 Å². The van der Waals surface area contributed by atoms with Crippen LogP contribution in [0.4, 0.5) is 0 Å². The molecule has 2 rings (SSSR count). The third-order valence-electron chi connectivity index (χ3n) is 2.53. The summed E-state index contributed by atoms with van der Waals surface area (Å²) in [6, 6.07) is 8.44. The Hall–Kier alpha value is -2.88. The molecule has 1 aromatic heterocycles. The van der Waals surface area contributed by atoms with Crippen LogP contribution < -0.4 is 4.74 Å². The maximum atomic E-state index is 11.8. The van der Waals surface area contributed by atoms with E-state index in [1.165, 1.54) is 0 Å². The van der Waals surface area contributed by atoms with Gasteiger partial charge in [0.15, 0.2) is 12.7 Å². The number of rotatable bonds is 5. The summed E-state index contributed by atoms with van der Waals surface area (Å²) < 4.78 is 15.5. The number of nitriles is 1. The van der Waals surface area contributed by atoms with Crippen LogP contribution >= 0.6 is 0 Å². The second-order valence-corrected chi connectivity index (χ2v) is 4.22. The molecule has 7 heteroatoms. The lowest BCUT2D eigenvalue weighted by atomic mass is 10.2. The zero-order valence-electron chi connectivity index (χ0n) is 11.6. The molecule has 0 aliphatic carbocycles. The lowest BCUT2D eigenvalue weighted by molar-refractivity contribution is -0.153. The lowest BCUT2D eigenvalue weighted by Gasteiger charge is -2.13. The minimum absolute atomic E-state index is 0.0965. The van der Waals surface area contributed by atoms with E-state index in [4.69, 9.17) is 19.2 Å². The van der Waals surface area contributed by atoms with Crippen molar-refractivity contribution in [2.24, 2.45) is 0 Å². The molecule has 0 saturated heterocycles. The molecular weight excluding hydrogens is 274 g/mol. The highest BCUT2D eigenvalue weighted by atomic mass is 16.6. The molecule has 0 spiro atoms. The van der Waals surface area contributed by atoms with E-state index in [-0.39, 0.29) is 12.5 Å². The largest absolute Gasteiger partial charge is 0.479 e. The number of esters is 1. The first-order chi connectivity index (χ1) is 10.1. The third-order valence-corrected chi connectivity index (χ3v) is 2.53. The van der Waals surface area contributed by atoms with Crippen molar-refractivity contribution >= 4 is 5.97 Å². The first-order valence-corrected chi connectivity index (χ1v) is 6.21. The van der Waals surface area contributed by atoms with Crippen LogP contribution in [0, 0.1) is 18.3 Å². The fourth-order valence-electron chi connectivity index (χ4n) is 1.51. The number of carbonyl (C=O) groups excluding carboxylic acids is 1. The van der Waals surface area contributed by atoms with Crippen molar-refractivity contribution in [1.82, 2.24) is 10.2 Å². The summed E-state index contributed by atoms with van der Waals surface area (Å²) in [6.07, 6.45) is -0.790. The van der Waals surface area contributed by atoms with Gasteiger partial charge in [-0.25, -0.2) is 4.79 Å². The molecule has 0 bridgehead atoms. The molecule has 21 heavy (non-hydrogen) atoms. The Morgan fingerprint density at radius 3 is 2.67 bits per heavy atom. The monoisotopic (exact) mass is 287 g/mol. The minimum Gasteiger partial charge on any atom is -0.479 e. The van der Waals surface area contributed by atoms with Gasteiger partial charge in [-0.2, -0.15) is 5.26 Å². The van der Waals surface area contributed by atoms with Crippen LogP contribution in [-0.2, 0) is 16.1 Å². The number of nitrogens with zero attached hydrogens (tertiary/aromatic N) is 3. The van der Waals surface area contributed by atoms with Crippen LogP contribution in [0.25, 0.3) is 0 Å². The van der Waals surface area contributed by atoms with E-state index >= 15 is 0 Å². The zero-order valence-corrected chi connectivity index (χ0v) is 11.6. The van der Waals surface area contributed by atoms with Crippen LogP contribution in [0.3, 0.4) is 0 Å². The van der Waals surface area contributed by atoms with Gasteiger partial charge in [-0.15, -0.1) is 10.2 Å². The Morgan fingerprint density at radius 1 is 1.38 bits per heavy atom. The predicted octanol–water partition coefficient (Wildman–Crippen LogP) is 1.76. The van der Waals surface area contributed by atoms with Gasteiger partial charge in [0.1, 0.15) is 5.75 Å². The van der Waals surface area contributed by atoms with E-state index in [0.29, 0.717) is 17.2 Å². The van der Waals surface area contributed by atoms with Crippen LogP contribution in [0.15, 0.2) is 28.7 Å². The van der Waals surface area contributed by atoms with E-state index in [1.807, 2.05) is 6.07 Å². The summed E-state index contributed by atoms with van der Waals surface area (Å²) in [7, 11) is 0. The minimum atomic E-state index is -0.790. The van der Waals surface area contributed by atoms with Gasteiger partial charge in [0.2, 0.25) is 5.89 Å². The highest BCUT2D eigenvalue weighted by Gasteiger charge is 2.17. The Labute approximate surface area is 121 Å². The Bertz CT molecular complexity index is 658. The number of ether oxygens (including phenoxy) is 2. The second kappa shape index (κ2) is 6.52. The average molecular weight is 287 g/mol. The summed E-state index contributed by atoms with van der Waals surface area (Å²) in [5.74, 6) is 0.566. The second-order valence-electron chi connectivity index (χ2n) is 4.22. The smallest absolute Gasteiger partial charge is 0.347 e. The highest BCUT2D eigenvalue weighted by molar-refractivity contribution is 5.74. The van der Waals surface area contributed by atoms with E-state index in [9.17, 15) is 4.79 Å². The van der Waals surface area contributed by atoms with Crippen molar-refractivity contribution in [2.45, 2.75) is 26.6 Å².